The van der Waals surface area contributed by atoms with Crippen molar-refractivity contribution in [2.24, 2.45) is 11.8 Å². The summed E-state index contributed by atoms with van der Waals surface area (Å²) in [4.78, 5) is 7.40. The van der Waals surface area contributed by atoms with E-state index in [1.54, 1.807) is 0 Å². The van der Waals surface area contributed by atoms with Gasteiger partial charge >= 0.3 is 0 Å². The van der Waals surface area contributed by atoms with Crippen LogP contribution >= 0.6 is 0 Å². The summed E-state index contributed by atoms with van der Waals surface area (Å²) in [6, 6.07) is 9.50. The van der Waals surface area contributed by atoms with E-state index in [0.29, 0.717) is 12.1 Å². The zero-order valence-corrected chi connectivity index (χ0v) is 15.0. The lowest BCUT2D eigenvalue weighted by atomic mass is 10.0. The highest BCUT2D eigenvalue weighted by Gasteiger charge is 2.42. The number of nitrogens with zero attached hydrogens (tertiary/aromatic N) is 3. The summed E-state index contributed by atoms with van der Waals surface area (Å²) in [5.41, 5.74) is 2.34. The van der Waals surface area contributed by atoms with Crippen molar-refractivity contribution in [2.45, 2.75) is 64.3 Å². The predicted octanol–water partition coefficient (Wildman–Crippen LogP) is 3.60. The Labute approximate surface area is 144 Å². The topological polar surface area (TPSA) is 41.3 Å². The minimum atomic E-state index is -0.0450. The fourth-order valence-electron chi connectivity index (χ4n) is 5.05. The molecule has 2 saturated carbocycles. The fourth-order valence-corrected chi connectivity index (χ4v) is 5.05. The van der Waals surface area contributed by atoms with Crippen LogP contribution in [0.2, 0.25) is 0 Å². The van der Waals surface area contributed by atoms with E-state index in [4.69, 9.17) is 4.98 Å². The van der Waals surface area contributed by atoms with Crippen molar-refractivity contribution in [2.75, 3.05) is 7.05 Å². The Morgan fingerprint density at radius 2 is 1.83 bits per heavy atom. The monoisotopic (exact) mass is 327 g/mol. The number of aromatic nitrogens is 2. The number of benzene rings is 1. The number of aliphatic hydroxyl groups excluding tert-OH is 1. The van der Waals surface area contributed by atoms with Gasteiger partial charge in [0.15, 0.2) is 0 Å². The van der Waals surface area contributed by atoms with E-state index in [0.717, 1.165) is 36.7 Å². The van der Waals surface area contributed by atoms with Gasteiger partial charge in [0.2, 0.25) is 0 Å². The van der Waals surface area contributed by atoms with E-state index in [-0.39, 0.29) is 6.10 Å². The molecule has 0 amide bonds. The summed E-state index contributed by atoms with van der Waals surface area (Å²) < 4.78 is 2.38. The summed E-state index contributed by atoms with van der Waals surface area (Å²) >= 11 is 0. The maximum Gasteiger partial charge on any atom is 0.124 e. The first-order valence-electron chi connectivity index (χ1n) is 9.37. The molecule has 1 heterocycles. The fraction of sp³-hybridized carbons (Fsp3) is 0.650. The van der Waals surface area contributed by atoms with Crippen LogP contribution in [0, 0.1) is 11.8 Å². The SMILES string of the molecule is CC(C)n1c(CN(C)C2C[C@H]3CC(O)C[C@H]3C2)nc2ccccc21. The van der Waals surface area contributed by atoms with Gasteiger partial charge in [-0.15, -0.1) is 0 Å². The molecule has 2 aromatic rings. The molecule has 0 saturated heterocycles. The number of hydrogen-bond donors (Lipinski definition) is 1. The number of imidazole rings is 1. The average molecular weight is 327 g/mol. The molecule has 2 fully saturated rings. The molecule has 0 radical (unpaired) electrons. The van der Waals surface area contributed by atoms with Crippen LogP contribution in [0.5, 0.6) is 0 Å². The number of fused-ring (bicyclic) bond motifs is 2. The summed E-state index contributed by atoms with van der Waals surface area (Å²) in [5.74, 6) is 2.64. The third-order valence-electron chi connectivity index (χ3n) is 6.17. The average Bonchev–Trinajstić information content (AvgIpc) is 3.16. The lowest BCUT2D eigenvalue weighted by Gasteiger charge is -2.26. The van der Waals surface area contributed by atoms with Gasteiger partial charge in [-0.25, -0.2) is 4.98 Å². The first-order chi connectivity index (χ1) is 11.5. The van der Waals surface area contributed by atoms with Crippen LogP contribution < -0.4 is 0 Å². The van der Waals surface area contributed by atoms with Crippen LogP contribution in [0.3, 0.4) is 0 Å². The number of rotatable bonds is 4. The molecule has 2 aliphatic rings. The predicted molar refractivity (Wildman–Crippen MR) is 96.8 cm³/mol. The van der Waals surface area contributed by atoms with Gasteiger partial charge in [-0.3, -0.25) is 4.90 Å². The van der Waals surface area contributed by atoms with E-state index < -0.39 is 0 Å². The third-order valence-corrected chi connectivity index (χ3v) is 6.17. The van der Waals surface area contributed by atoms with E-state index >= 15 is 0 Å². The van der Waals surface area contributed by atoms with E-state index in [9.17, 15) is 5.11 Å². The smallest absolute Gasteiger partial charge is 0.124 e. The van der Waals surface area contributed by atoms with Crippen molar-refractivity contribution in [3.63, 3.8) is 0 Å². The molecule has 0 bridgehead atoms. The molecule has 4 heteroatoms. The quantitative estimate of drug-likeness (QED) is 0.933. The Morgan fingerprint density at radius 3 is 2.50 bits per heavy atom. The van der Waals surface area contributed by atoms with E-state index in [1.807, 2.05) is 0 Å². The first-order valence-corrected chi connectivity index (χ1v) is 9.37. The summed E-state index contributed by atoms with van der Waals surface area (Å²) in [7, 11) is 2.24. The molecular formula is C20H29N3O. The Kier molecular flexibility index (Phi) is 4.13. The molecule has 1 N–H and O–H groups in total. The molecule has 1 aromatic heterocycles. The molecule has 24 heavy (non-hydrogen) atoms. The highest BCUT2D eigenvalue weighted by atomic mass is 16.3. The highest BCUT2D eigenvalue weighted by molar-refractivity contribution is 5.76. The van der Waals surface area contributed by atoms with Gasteiger partial charge in [0, 0.05) is 12.1 Å². The largest absolute Gasteiger partial charge is 0.393 e. The Bertz CT molecular complexity index is 709. The van der Waals surface area contributed by atoms with Crippen molar-refractivity contribution in [3.8, 4) is 0 Å². The molecule has 2 unspecified atom stereocenters. The zero-order chi connectivity index (χ0) is 16.8. The second kappa shape index (κ2) is 6.16. The minimum absolute atomic E-state index is 0.0450. The lowest BCUT2D eigenvalue weighted by Crippen LogP contribution is -2.31. The second-order valence-corrected chi connectivity index (χ2v) is 8.17. The van der Waals surface area contributed by atoms with Gasteiger partial charge in [0.25, 0.3) is 0 Å². The summed E-state index contributed by atoms with van der Waals surface area (Å²) in [5, 5.41) is 9.85. The molecule has 4 atom stereocenters. The highest BCUT2D eigenvalue weighted by Crippen LogP contribution is 2.45. The van der Waals surface area contributed by atoms with Crippen molar-refractivity contribution >= 4 is 11.0 Å². The molecule has 4 rings (SSSR count). The zero-order valence-electron chi connectivity index (χ0n) is 15.0. The normalized spacial score (nSPS) is 29.9. The molecule has 130 valence electrons. The molecule has 2 aliphatic carbocycles. The summed E-state index contributed by atoms with van der Waals surface area (Å²) in [6.45, 7) is 5.37. The number of para-hydroxylation sites is 2. The number of aliphatic hydroxyl groups is 1. The standard InChI is InChI=1S/C20H29N3O/c1-13(2)23-19-7-5-4-6-18(19)21-20(23)12-22(3)16-8-14-10-17(24)11-15(14)9-16/h4-7,13-17,24H,8-12H2,1-3H3/t14-,15+,16?,17?. The minimum Gasteiger partial charge on any atom is -0.393 e. The Hall–Kier alpha value is -1.39. The van der Waals surface area contributed by atoms with Gasteiger partial charge in [-0.2, -0.15) is 0 Å². The van der Waals surface area contributed by atoms with Crippen molar-refractivity contribution in [1.82, 2.24) is 14.5 Å². The molecule has 4 nitrogen and oxygen atoms in total. The van der Waals surface area contributed by atoms with E-state index in [2.05, 4.69) is 54.6 Å². The van der Waals surface area contributed by atoms with Gasteiger partial charge in [-0.1, -0.05) is 12.1 Å². The van der Waals surface area contributed by atoms with Crippen LogP contribution in [0.25, 0.3) is 11.0 Å². The molecule has 0 aliphatic heterocycles. The molecular weight excluding hydrogens is 298 g/mol. The molecule has 0 spiro atoms. The van der Waals surface area contributed by atoms with Crippen LogP contribution in [-0.2, 0) is 6.54 Å². The number of hydrogen-bond acceptors (Lipinski definition) is 3. The van der Waals surface area contributed by atoms with Crippen LogP contribution in [-0.4, -0.2) is 38.8 Å². The van der Waals surface area contributed by atoms with E-state index in [1.165, 1.54) is 24.2 Å². The maximum absolute atomic E-state index is 9.85. The molecule has 1 aromatic carbocycles. The van der Waals surface area contributed by atoms with Crippen LogP contribution in [0.1, 0.15) is 51.4 Å². The van der Waals surface area contributed by atoms with Crippen molar-refractivity contribution in [1.29, 1.82) is 0 Å². The lowest BCUT2D eigenvalue weighted by molar-refractivity contribution is 0.157. The second-order valence-electron chi connectivity index (χ2n) is 8.17. The first kappa shape index (κ1) is 16.1. The van der Waals surface area contributed by atoms with Gasteiger partial charge < -0.3 is 9.67 Å². The Balaban J connectivity index is 1.53. The van der Waals surface area contributed by atoms with Crippen LogP contribution in [0.15, 0.2) is 24.3 Å². The Morgan fingerprint density at radius 1 is 1.17 bits per heavy atom. The van der Waals surface area contributed by atoms with Gasteiger partial charge in [0.05, 0.1) is 23.7 Å². The van der Waals surface area contributed by atoms with Crippen molar-refractivity contribution < 1.29 is 5.11 Å². The van der Waals surface area contributed by atoms with Gasteiger partial charge in [0.1, 0.15) is 5.82 Å². The van der Waals surface area contributed by atoms with Crippen molar-refractivity contribution in [3.05, 3.63) is 30.1 Å². The van der Waals surface area contributed by atoms with Crippen LogP contribution in [0.4, 0.5) is 0 Å². The maximum atomic E-state index is 9.85. The summed E-state index contributed by atoms with van der Waals surface area (Å²) in [6.07, 6.45) is 4.45. The third kappa shape index (κ3) is 2.76. The van der Waals surface area contributed by atoms with Gasteiger partial charge in [-0.05, 0) is 70.5 Å².